The number of amides is 1. The first-order valence-electron chi connectivity index (χ1n) is 8.23. The van der Waals surface area contributed by atoms with Gasteiger partial charge in [0.15, 0.2) is 11.5 Å². The predicted molar refractivity (Wildman–Crippen MR) is 100 cm³/mol. The van der Waals surface area contributed by atoms with Crippen LogP contribution in [0.3, 0.4) is 0 Å². The lowest BCUT2D eigenvalue weighted by Crippen LogP contribution is -2.30. The molecule has 6 nitrogen and oxygen atoms in total. The number of H-pyrrole nitrogens is 1. The summed E-state index contributed by atoms with van der Waals surface area (Å²) in [5, 5.41) is 3.16. The minimum atomic E-state index is -0.404. The first-order chi connectivity index (χ1) is 12.6. The van der Waals surface area contributed by atoms with Gasteiger partial charge >= 0.3 is 0 Å². The molecule has 0 spiro atoms. The van der Waals surface area contributed by atoms with Crippen molar-refractivity contribution in [2.24, 2.45) is 0 Å². The summed E-state index contributed by atoms with van der Waals surface area (Å²) in [4.78, 5) is 28.1. The molecule has 0 aliphatic heterocycles. The molecule has 0 fully saturated rings. The van der Waals surface area contributed by atoms with Gasteiger partial charge in [0.2, 0.25) is 5.43 Å². The Morgan fingerprint density at radius 3 is 2.46 bits per heavy atom. The van der Waals surface area contributed by atoms with Gasteiger partial charge in [0, 0.05) is 18.8 Å². The minimum absolute atomic E-state index is 0.0674. The van der Waals surface area contributed by atoms with Crippen LogP contribution in [0.15, 0.2) is 53.5 Å². The molecular formula is C20H20N2O4. The number of carbonyl (C=O) groups is 1. The summed E-state index contributed by atoms with van der Waals surface area (Å²) < 4.78 is 10.5. The Morgan fingerprint density at radius 1 is 1.08 bits per heavy atom. The normalized spacial score (nSPS) is 10.5. The Bertz CT molecular complexity index is 980. The first-order valence-corrected chi connectivity index (χ1v) is 8.23. The smallest absolute Gasteiger partial charge is 0.256 e. The van der Waals surface area contributed by atoms with Crippen molar-refractivity contribution in [3.05, 3.63) is 70.0 Å². The van der Waals surface area contributed by atoms with E-state index >= 15 is 0 Å². The number of hydrogen-bond donors (Lipinski definition) is 2. The molecule has 3 aromatic rings. The average Bonchev–Trinajstić information content (AvgIpc) is 2.68. The number of carbonyl (C=O) groups excluding carboxylic acids is 1. The molecule has 6 heteroatoms. The van der Waals surface area contributed by atoms with Gasteiger partial charge in [-0.25, -0.2) is 0 Å². The number of ether oxygens (including phenoxy) is 2. The van der Waals surface area contributed by atoms with Gasteiger partial charge in [-0.1, -0.05) is 30.3 Å². The van der Waals surface area contributed by atoms with Crippen molar-refractivity contribution in [1.82, 2.24) is 10.3 Å². The number of fused-ring (bicyclic) bond motifs is 1. The molecule has 2 N–H and O–H groups in total. The third kappa shape index (κ3) is 3.54. The second kappa shape index (κ2) is 7.74. The third-order valence-corrected chi connectivity index (χ3v) is 4.17. The van der Waals surface area contributed by atoms with Crippen LogP contribution >= 0.6 is 0 Å². The molecule has 0 aliphatic carbocycles. The molecular weight excluding hydrogens is 332 g/mol. The fraction of sp³-hybridized carbons (Fsp3) is 0.200. The van der Waals surface area contributed by atoms with Gasteiger partial charge in [-0.2, -0.15) is 0 Å². The van der Waals surface area contributed by atoms with Crippen molar-refractivity contribution in [2.75, 3.05) is 20.8 Å². The summed E-state index contributed by atoms with van der Waals surface area (Å²) in [5.74, 6) is 0.543. The summed E-state index contributed by atoms with van der Waals surface area (Å²) in [6, 6.07) is 13.1. The van der Waals surface area contributed by atoms with Crippen LogP contribution in [0.1, 0.15) is 15.9 Å². The lowest BCUT2D eigenvalue weighted by molar-refractivity contribution is 0.0953. The molecule has 1 aromatic heterocycles. The highest BCUT2D eigenvalue weighted by atomic mass is 16.5. The maximum Gasteiger partial charge on any atom is 0.256 e. The van der Waals surface area contributed by atoms with Crippen molar-refractivity contribution in [3.63, 3.8) is 0 Å². The summed E-state index contributed by atoms with van der Waals surface area (Å²) in [6.07, 6.45) is 2.12. The molecule has 3 rings (SSSR count). The van der Waals surface area contributed by atoms with Crippen LogP contribution in [0.25, 0.3) is 10.9 Å². The van der Waals surface area contributed by atoms with E-state index < -0.39 is 5.91 Å². The number of nitrogens with one attached hydrogen (secondary N) is 2. The summed E-state index contributed by atoms with van der Waals surface area (Å²) in [7, 11) is 3.02. The molecule has 2 aromatic carbocycles. The van der Waals surface area contributed by atoms with Gasteiger partial charge < -0.3 is 19.8 Å². The molecule has 0 unspecified atom stereocenters. The van der Waals surface area contributed by atoms with Crippen molar-refractivity contribution in [3.8, 4) is 11.5 Å². The number of aromatic nitrogens is 1. The molecule has 1 heterocycles. The molecule has 0 bridgehead atoms. The molecule has 26 heavy (non-hydrogen) atoms. The van der Waals surface area contributed by atoms with Gasteiger partial charge in [-0.3, -0.25) is 9.59 Å². The largest absolute Gasteiger partial charge is 0.493 e. The quantitative estimate of drug-likeness (QED) is 0.714. The Balaban J connectivity index is 1.82. The molecule has 1 amide bonds. The topological polar surface area (TPSA) is 80.4 Å². The second-order valence-corrected chi connectivity index (χ2v) is 5.78. The maximum atomic E-state index is 12.7. The van der Waals surface area contributed by atoms with Gasteiger partial charge in [0.1, 0.15) is 5.56 Å². The predicted octanol–water partition coefficient (Wildman–Crippen LogP) is 2.52. The Kier molecular flexibility index (Phi) is 5.22. The van der Waals surface area contributed by atoms with Crippen LogP contribution in [0.4, 0.5) is 0 Å². The zero-order valence-corrected chi connectivity index (χ0v) is 14.7. The van der Waals surface area contributed by atoms with E-state index in [9.17, 15) is 9.59 Å². The molecule has 134 valence electrons. The molecule has 0 aliphatic rings. The van der Waals surface area contributed by atoms with Crippen LogP contribution in [0.2, 0.25) is 0 Å². The number of hydrogen-bond acceptors (Lipinski definition) is 4. The highest BCUT2D eigenvalue weighted by Crippen LogP contribution is 2.30. The van der Waals surface area contributed by atoms with E-state index in [0.717, 1.165) is 5.56 Å². The van der Waals surface area contributed by atoms with E-state index in [-0.39, 0.29) is 11.0 Å². The SMILES string of the molecule is COc1cc2[nH]cc(C(=O)NCCc3ccccc3)c(=O)c2cc1OC. The lowest BCUT2D eigenvalue weighted by Gasteiger charge is -2.10. The van der Waals surface area contributed by atoms with Crippen molar-refractivity contribution in [1.29, 1.82) is 0 Å². The van der Waals surface area contributed by atoms with Crippen molar-refractivity contribution >= 4 is 16.8 Å². The van der Waals surface area contributed by atoms with E-state index in [4.69, 9.17) is 9.47 Å². The fourth-order valence-corrected chi connectivity index (χ4v) is 2.78. The molecule has 0 saturated heterocycles. The van der Waals surface area contributed by atoms with E-state index in [1.165, 1.54) is 20.4 Å². The van der Waals surface area contributed by atoms with Crippen molar-refractivity contribution < 1.29 is 14.3 Å². The number of methoxy groups -OCH3 is 2. The van der Waals surface area contributed by atoms with E-state index in [2.05, 4.69) is 10.3 Å². The fourth-order valence-electron chi connectivity index (χ4n) is 2.78. The molecule has 0 saturated carbocycles. The van der Waals surface area contributed by atoms with Crippen molar-refractivity contribution in [2.45, 2.75) is 6.42 Å². The van der Waals surface area contributed by atoms with Gasteiger partial charge in [0.25, 0.3) is 5.91 Å². The third-order valence-electron chi connectivity index (χ3n) is 4.17. The monoisotopic (exact) mass is 352 g/mol. The Morgan fingerprint density at radius 2 is 1.77 bits per heavy atom. The number of aromatic amines is 1. The number of rotatable bonds is 6. The first kappa shape index (κ1) is 17.5. The number of pyridine rings is 1. The minimum Gasteiger partial charge on any atom is -0.493 e. The Labute approximate surface area is 150 Å². The van der Waals surface area contributed by atoms with Crippen LogP contribution in [-0.4, -0.2) is 31.7 Å². The van der Waals surface area contributed by atoms with Gasteiger partial charge in [-0.05, 0) is 18.1 Å². The lowest BCUT2D eigenvalue weighted by atomic mass is 10.1. The van der Waals surface area contributed by atoms with Crippen LogP contribution in [0.5, 0.6) is 11.5 Å². The molecule has 0 atom stereocenters. The van der Waals surface area contributed by atoms with E-state index in [1.807, 2.05) is 30.3 Å². The van der Waals surface area contributed by atoms with E-state index in [1.54, 1.807) is 12.1 Å². The zero-order chi connectivity index (χ0) is 18.5. The zero-order valence-electron chi connectivity index (χ0n) is 14.7. The van der Waals surface area contributed by atoms with Crippen LogP contribution in [-0.2, 0) is 6.42 Å². The van der Waals surface area contributed by atoms with Gasteiger partial charge in [0.05, 0.1) is 25.1 Å². The van der Waals surface area contributed by atoms with E-state index in [0.29, 0.717) is 35.4 Å². The summed E-state index contributed by atoms with van der Waals surface area (Å²) in [6.45, 7) is 0.451. The van der Waals surface area contributed by atoms with Crippen LogP contribution < -0.4 is 20.2 Å². The van der Waals surface area contributed by atoms with Gasteiger partial charge in [-0.15, -0.1) is 0 Å². The average molecular weight is 352 g/mol. The summed E-state index contributed by atoms with van der Waals surface area (Å²) in [5.41, 5.74) is 1.42. The number of benzene rings is 2. The Hall–Kier alpha value is -3.28. The highest BCUT2D eigenvalue weighted by molar-refractivity contribution is 5.97. The standard InChI is InChI=1S/C20H20N2O4/c1-25-17-10-14-16(11-18(17)26-2)22-12-15(19(14)23)20(24)21-9-8-13-6-4-3-5-7-13/h3-7,10-12H,8-9H2,1-2H3,(H,21,24)(H,22,23). The molecule has 0 radical (unpaired) electrons. The maximum absolute atomic E-state index is 12.7. The highest BCUT2D eigenvalue weighted by Gasteiger charge is 2.15. The second-order valence-electron chi connectivity index (χ2n) is 5.78. The summed E-state index contributed by atoms with van der Waals surface area (Å²) >= 11 is 0. The van der Waals surface area contributed by atoms with Crippen LogP contribution in [0, 0.1) is 0 Å².